The fourth-order valence-corrected chi connectivity index (χ4v) is 3.88. The van der Waals surface area contributed by atoms with E-state index in [-0.39, 0.29) is 6.71 Å². The molecule has 0 amide bonds. The van der Waals surface area contributed by atoms with Gasteiger partial charge in [-0.2, -0.15) is 0 Å². The van der Waals surface area contributed by atoms with Gasteiger partial charge >= 0.3 is 0 Å². The Morgan fingerprint density at radius 3 is 1.97 bits per heavy atom. The molecule has 0 N–H and O–H groups in total. The topological polar surface area (TPSA) is 17.8 Å². The lowest BCUT2D eigenvalue weighted by molar-refractivity contribution is 0.558. The van der Waals surface area contributed by atoms with Crippen molar-refractivity contribution in [1.82, 2.24) is 9.55 Å². The van der Waals surface area contributed by atoms with Crippen LogP contribution in [0.4, 0.5) is 0 Å². The first-order valence-corrected chi connectivity index (χ1v) is 11.5. The van der Waals surface area contributed by atoms with Crippen molar-refractivity contribution in [3.05, 3.63) is 89.9 Å². The van der Waals surface area contributed by atoms with Gasteiger partial charge in [-0.15, -0.1) is 12.6 Å². The summed E-state index contributed by atoms with van der Waals surface area (Å²) >= 11 is 12.4. The molecule has 3 aromatic rings. The van der Waals surface area contributed by atoms with Crippen LogP contribution in [0.5, 0.6) is 0 Å². The summed E-state index contributed by atoms with van der Waals surface area (Å²) in [6.07, 6.45) is 13.9. The molecular weight excluding hydrogens is 410 g/mol. The summed E-state index contributed by atoms with van der Waals surface area (Å²) in [7, 11) is 0. The van der Waals surface area contributed by atoms with Crippen LogP contribution in [0.2, 0.25) is 10.0 Å². The quantitative estimate of drug-likeness (QED) is 0.257. The molecule has 2 aromatic carbocycles. The van der Waals surface area contributed by atoms with Crippen LogP contribution in [-0.4, -0.2) is 16.3 Å². The van der Waals surface area contributed by atoms with Crippen LogP contribution in [0.25, 0.3) is 0 Å². The molecular formula is C25H31BCl2N2. The standard InChI is InChI=1S/C14H11BCl2.C11H20N2/c1-2-15(11-7-3-5-9-13(11)16)12-8-4-6-10-14(12)17;1-2-3-4-5-6-7-9-13-10-8-12-11-13/h2-10H,1H2;8,10-11H,2-7,9H2,1H3. The Kier molecular flexibility index (Phi) is 11.4. The van der Waals surface area contributed by atoms with Gasteiger partial charge in [0.2, 0.25) is 6.71 Å². The highest BCUT2D eigenvalue weighted by molar-refractivity contribution is 6.91. The van der Waals surface area contributed by atoms with Gasteiger partial charge in [0.15, 0.2) is 0 Å². The molecule has 2 nitrogen and oxygen atoms in total. The van der Waals surface area contributed by atoms with Crippen molar-refractivity contribution in [3.8, 4) is 0 Å². The van der Waals surface area contributed by atoms with Gasteiger partial charge in [-0.05, 0) is 18.6 Å². The van der Waals surface area contributed by atoms with E-state index in [1.165, 1.54) is 38.5 Å². The molecule has 0 saturated heterocycles. The van der Waals surface area contributed by atoms with Crippen molar-refractivity contribution in [1.29, 1.82) is 0 Å². The molecule has 0 aliphatic carbocycles. The normalized spacial score (nSPS) is 10.2. The van der Waals surface area contributed by atoms with Crippen molar-refractivity contribution in [3.63, 3.8) is 0 Å². The van der Waals surface area contributed by atoms with Gasteiger partial charge in [0.25, 0.3) is 0 Å². The lowest BCUT2D eigenvalue weighted by Crippen LogP contribution is -2.41. The van der Waals surface area contributed by atoms with Crippen LogP contribution in [-0.2, 0) is 6.54 Å². The van der Waals surface area contributed by atoms with Gasteiger partial charge in [-0.3, -0.25) is 0 Å². The van der Waals surface area contributed by atoms with Crippen molar-refractivity contribution < 1.29 is 0 Å². The van der Waals surface area contributed by atoms with Crippen LogP contribution in [0.1, 0.15) is 45.4 Å². The molecule has 0 aliphatic rings. The number of imidazole rings is 1. The predicted octanol–water partition coefficient (Wildman–Crippen LogP) is 6.57. The predicted molar refractivity (Wildman–Crippen MR) is 134 cm³/mol. The van der Waals surface area contributed by atoms with E-state index in [2.05, 4.69) is 23.1 Å². The molecule has 0 radical (unpaired) electrons. The Hall–Kier alpha value is -1.97. The van der Waals surface area contributed by atoms with E-state index >= 15 is 0 Å². The lowest BCUT2D eigenvalue weighted by Gasteiger charge is -2.13. The zero-order valence-electron chi connectivity index (χ0n) is 17.8. The number of hydrogen-bond acceptors (Lipinski definition) is 1. The van der Waals surface area contributed by atoms with Gasteiger partial charge in [0.1, 0.15) is 0 Å². The number of halogens is 2. The van der Waals surface area contributed by atoms with Crippen LogP contribution in [0, 0.1) is 0 Å². The van der Waals surface area contributed by atoms with E-state index in [0.717, 1.165) is 27.5 Å². The molecule has 3 rings (SSSR count). The zero-order chi connectivity index (χ0) is 21.6. The molecule has 1 aromatic heterocycles. The number of hydrogen-bond donors (Lipinski definition) is 0. The largest absolute Gasteiger partial charge is 0.337 e. The SMILES string of the molecule is C=CB(c1ccccc1Cl)c1ccccc1Cl.CCCCCCCCn1ccnc1. The summed E-state index contributed by atoms with van der Waals surface area (Å²) in [5.74, 6) is 1.86. The smallest absolute Gasteiger partial charge is 0.237 e. The second-order valence-corrected chi connectivity index (χ2v) is 8.14. The maximum absolute atomic E-state index is 6.21. The van der Waals surface area contributed by atoms with E-state index in [1.54, 1.807) is 0 Å². The average Bonchev–Trinajstić information content (AvgIpc) is 3.28. The Balaban J connectivity index is 0.000000222. The van der Waals surface area contributed by atoms with Crippen molar-refractivity contribution in [2.45, 2.75) is 52.0 Å². The highest BCUT2D eigenvalue weighted by Crippen LogP contribution is 2.10. The average molecular weight is 441 g/mol. The molecule has 5 heteroatoms. The Morgan fingerprint density at radius 1 is 0.900 bits per heavy atom. The van der Waals surface area contributed by atoms with Gasteiger partial charge in [0.05, 0.1) is 6.33 Å². The van der Waals surface area contributed by atoms with E-state index in [1.807, 2.05) is 73.2 Å². The highest BCUT2D eigenvalue weighted by atomic mass is 35.5. The molecule has 1 heterocycles. The van der Waals surface area contributed by atoms with Crippen LogP contribution < -0.4 is 10.9 Å². The van der Waals surface area contributed by atoms with Crippen molar-refractivity contribution in [2.24, 2.45) is 0 Å². The second-order valence-electron chi connectivity index (χ2n) is 7.32. The summed E-state index contributed by atoms with van der Waals surface area (Å²) in [5, 5.41) is 1.47. The Bertz CT molecular complexity index is 820. The number of aromatic nitrogens is 2. The Morgan fingerprint density at radius 2 is 1.47 bits per heavy atom. The van der Waals surface area contributed by atoms with Gasteiger partial charge in [-0.25, -0.2) is 4.98 Å². The minimum Gasteiger partial charge on any atom is -0.337 e. The summed E-state index contributed by atoms with van der Waals surface area (Å²) in [4.78, 5) is 4.01. The summed E-state index contributed by atoms with van der Waals surface area (Å²) in [6.45, 7) is 7.29. The molecule has 0 saturated carbocycles. The van der Waals surface area contributed by atoms with Gasteiger partial charge in [-0.1, -0.05) is 110 Å². The number of rotatable bonds is 10. The van der Waals surface area contributed by atoms with Crippen LogP contribution in [0.3, 0.4) is 0 Å². The number of benzene rings is 2. The van der Waals surface area contributed by atoms with Crippen molar-refractivity contribution >= 4 is 40.8 Å². The van der Waals surface area contributed by atoms with Crippen LogP contribution >= 0.6 is 23.2 Å². The molecule has 0 atom stereocenters. The Labute approximate surface area is 192 Å². The van der Waals surface area contributed by atoms with Crippen molar-refractivity contribution in [2.75, 3.05) is 0 Å². The zero-order valence-corrected chi connectivity index (χ0v) is 19.3. The minimum atomic E-state index is 0.0254. The lowest BCUT2D eigenvalue weighted by atomic mass is 9.41. The first-order valence-electron chi connectivity index (χ1n) is 10.7. The summed E-state index contributed by atoms with van der Waals surface area (Å²) < 4.78 is 2.15. The van der Waals surface area contributed by atoms with E-state index in [9.17, 15) is 0 Å². The third kappa shape index (κ3) is 8.05. The first-order chi connectivity index (χ1) is 14.7. The molecule has 30 heavy (non-hydrogen) atoms. The highest BCUT2D eigenvalue weighted by Gasteiger charge is 2.19. The maximum Gasteiger partial charge on any atom is 0.237 e. The molecule has 158 valence electrons. The van der Waals surface area contributed by atoms with Gasteiger partial charge in [0, 0.05) is 29.0 Å². The summed E-state index contributed by atoms with van der Waals surface area (Å²) in [5.41, 5.74) is 2.05. The van der Waals surface area contributed by atoms with E-state index in [0.29, 0.717) is 0 Å². The maximum atomic E-state index is 6.21. The summed E-state index contributed by atoms with van der Waals surface area (Å²) in [6, 6.07) is 15.5. The first kappa shape index (κ1) is 24.3. The number of nitrogens with zero attached hydrogens (tertiary/aromatic N) is 2. The molecule has 0 unspecified atom stereocenters. The van der Waals surface area contributed by atoms with E-state index < -0.39 is 0 Å². The monoisotopic (exact) mass is 440 g/mol. The molecule has 0 spiro atoms. The fourth-order valence-electron chi connectivity index (χ4n) is 3.37. The minimum absolute atomic E-state index is 0.0254. The number of unbranched alkanes of at least 4 members (excludes halogenated alkanes) is 5. The number of aryl methyl sites for hydroxylation is 1. The molecule has 0 aliphatic heterocycles. The molecule has 0 fully saturated rings. The third-order valence-electron chi connectivity index (χ3n) is 5.05. The van der Waals surface area contributed by atoms with Crippen LogP contribution in [0.15, 0.2) is 79.8 Å². The molecule has 0 bridgehead atoms. The van der Waals surface area contributed by atoms with E-state index in [4.69, 9.17) is 23.2 Å². The van der Waals surface area contributed by atoms with Gasteiger partial charge < -0.3 is 4.57 Å². The second kappa shape index (κ2) is 14.1. The third-order valence-corrected chi connectivity index (χ3v) is 5.73. The fraction of sp³-hybridized carbons (Fsp3) is 0.320.